The van der Waals surface area contributed by atoms with Gasteiger partial charge in [0.25, 0.3) is 0 Å². The average molecular weight is 222 g/mol. The van der Waals surface area contributed by atoms with E-state index >= 15 is 0 Å². The Morgan fingerprint density at radius 3 is 3.20 bits per heavy atom. The minimum Gasteiger partial charge on any atom is -0.493 e. The van der Waals surface area contributed by atoms with Crippen molar-refractivity contribution in [1.29, 1.82) is 0 Å². The van der Waals surface area contributed by atoms with Crippen molar-refractivity contribution in [3.8, 4) is 18.1 Å². The van der Waals surface area contributed by atoms with E-state index in [1.807, 2.05) is 12.1 Å². The molecule has 1 aromatic rings. The quantitative estimate of drug-likeness (QED) is 0.623. The van der Waals surface area contributed by atoms with Gasteiger partial charge in [-0.1, -0.05) is 17.5 Å². The molecule has 0 radical (unpaired) electrons. The topological polar surface area (TPSA) is 21.3 Å². The number of nitrogens with one attached hydrogen (secondary N) is 1. The summed E-state index contributed by atoms with van der Waals surface area (Å²) in [5.41, 5.74) is 2.28. The first kappa shape index (κ1) is 10.4. The molecule has 1 N–H and O–H groups in total. The van der Waals surface area contributed by atoms with Crippen LogP contribution < -0.4 is 10.1 Å². The van der Waals surface area contributed by atoms with Gasteiger partial charge in [-0.3, -0.25) is 0 Å². The molecule has 0 saturated carbocycles. The molecule has 0 amide bonds. The van der Waals surface area contributed by atoms with Crippen molar-refractivity contribution in [2.45, 2.75) is 13.0 Å². The largest absolute Gasteiger partial charge is 0.493 e. The van der Waals surface area contributed by atoms with Gasteiger partial charge in [-0.25, -0.2) is 0 Å². The highest BCUT2D eigenvalue weighted by Gasteiger charge is 2.16. The summed E-state index contributed by atoms with van der Waals surface area (Å²) in [7, 11) is 0. The average Bonchev–Trinajstić information content (AvgIpc) is 2.65. The van der Waals surface area contributed by atoms with E-state index in [4.69, 9.17) is 22.8 Å². The van der Waals surface area contributed by atoms with Gasteiger partial charge in [-0.2, -0.15) is 0 Å². The number of fused-ring (bicyclic) bond motifs is 1. The van der Waals surface area contributed by atoms with Gasteiger partial charge >= 0.3 is 0 Å². The third-order valence-corrected chi connectivity index (χ3v) is 2.59. The molecule has 0 aromatic heterocycles. The third kappa shape index (κ3) is 2.26. The van der Waals surface area contributed by atoms with Gasteiger partial charge in [0, 0.05) is 23.6 Å². The summed E-state index contributed by atoms with van der Waals surface area (Å²) in [5, 5.41) is 3.89. The molecule has 0 fully saturated rings. The zero-order valence-electron chi connectivity index (χ0n) is 8.35. The Balaban J connectivity index is 2.19. The molecule has 0 saturated heterocycles. The van der Waals surface area contributed by atoms with Gasteiger partial charge in [0.2, 0.25) is 0 Å². The van der Waals surface area contributed by atoms with Crippen molar-refractivity contribution in [2.75, 3.05) is 13.2 Å². The Hall–Kier alpha value is -1.17. The molecule has 1 heterocycles. The molecular weight excluding hydrogens is 210 g/mol. The molecule has 0 unspecified atom stereocenters. The highest BCUT2D eigenvalue weighted by molar-refractivity contribution is 6.30. The van der Waals surface area contributed by atoms with E-state index in [2.05, 4.69) is 11.2 Å². The Morgan fingerprint density at radius 2 is 2.40 bits per heavy atom. The van der Waals surface area contributed by atoms with E-state index in [-0.39, 0.29) is 0 Å². The zero-order chi connectivity index (χ0) is 10.7. The molecule has 15 heavy (non-hydrogen) atoms. The summed E-state index contributed by atoms with van der Waals surface area (Å²) in [5.74, 6) is 3.51. The van der Waals surface area contributed by atoms with Crippen LogP contribution in [0.5, 0.6) is 5.75 Å². The standard InChI is InChI=1S/C12H12ClNO/c1-2-4-14-8-10-7-11(13)6-9-3-5-15-12(9)10/h1,6-7,14H,3-5,8H2. The lowest BCUT2D eigenvalue weighted by Gasteiger charge is -2.08. The molecule has 2 rings (SSSR count). The minimum absolute atomic E-state index is 0.557. The van der Waals surface area contributed by atoms with Crippen LogP contribution in [0.2, 0.25) is 5.02 Å². The van der Waals surface area contributed by atoms with Crippen LogP contribution in [0.4, 0.5) is 0 Å². The second kappa shape index (κ2) is 4.57. The van der Waals surface area contributed by atoms with Crippen molar-refractivity contribution in [2.24, 2.45) is 0 Å². The van der Waals surface area contributed by atoms with Crippen LogP contribution in [0, 0.1) is 12.3 Å². The molecule has 0 bridgehead atoms. The Labute approximate surface area is 94.6 Å². The maximum atomic E-state index is 6.02. The normalized spacial score (nSPS) is 13.1. The van der Waals surface area contributed by atoms with Crippen LogP contribution in [-0.4, -0.2) is 13.2 Å². The SMILES string of the molecule is C#CCNCc1cc(Cl)cc2c1OCC2. The first-order chi connectivity index (χ1) is 7.31. The summed E-state index contributed by atoms with van der Waals surface area (Å²) < 4.78 is 5.56. The fourth-order valence-corrected chi connectivity index (χ4v) is 2.01. The fraction of sp³-hybridized carbons (Fsp3) is 0.333. The van der Waals surface area contributed by atoms with E-state index in [1.165, 1.54) is 5.56 Å². The molecule has 0 aliphatic carbocycles. The third-order valence-electron chi connectivity index (χ3n) is 2.37. The summed E-state index contributed by atoms with van der Waals surface area (Å²) in [6.07, 6.45) is 6.11. The monoisotopic (exact) mass is 221 g/mol. The van der Waals surface area contributed by atoms with Crippen molar-refractivity contribution in [3.63, 3.8) is 0 Å². The van der Waals surface area contributed by atoms with Crippen LogP contribution in [0.15, 0.2) is 12.1 Å². The summed E-state index contributed by atoms with van der Waals surface area (Å²) >= 11 is 6.02. The predicted octanol–water partition coefficient (Wildman–Crippen LogP) is 2.00. The van der Waals surface area contributed by atoms with E-state index < -0.39 is 0 Å². The summed E-state index contributed by atoms with van der Waals surface area (Å²) in [4.78, 5) is 0. The van der Waals surface area contributed by atoms with Gasteiger partial charge in [-0.15, -0.1) is 6.42 Å². The molecule has 3 heteroatoms. The maximum Gasteiger partial charge on any atom is 0.127 e. The highest BCUT2D eigenvalue weighted by Crippen LogP contribution is 2.32. The van der Waals surface area contributed by atoms with Crippen LogP contribution in [0.1, 0.15) is 11.1 Å². The van der Waals surface area contributed by atoms with E-state index in [0.29, 0.717) is 13.1 Å². The maximum absolute atomic E-state index is 6.02. The van der Waals surface area contributed by atoms with Gasteiger partial charge in [0.1, 0.15) is 5.75 Å². The van der Waals surface area contributed by atoms with Crippen molar-refractivity contribution >= 4 is 11.6 Å². The van der Waals surface area contributed by atoms with Crippen molar-refractivity contribution in [3.05, 3.63) is 28.3 Å². The number of ether oxygens (including phenoxy) is 1. The fourth-order valence-electron chi connectivity index (χ4n) is 1.75. The number of hydrogen-bond acceptors (Lipinski definition) is 2. The van der Waals surface area contributed by atoms with Crippen LogP contribution in [-0.2, 0) is 13.0 Å². The molecule has 0 spiro atoms. The highest BCUT2D eigenvalue weighted by atomic mass is 35.5. The number of benzene rings is 1. The second-order valence-electron chi connectivity index (χ2n) is 3.46. The lowest BCUT2D eigenvalue weighted by molar-refractivity contribution is 0.352. The number of terminal acetylenes is 1. The molecule has 78 valence electrons. The smallest absolute Gasteiger partial charge is 0.127 e. The summed E-state index contributed by atoms with van der Waals surface area (Å²) in [6, 6.07) is 3.89. The van der Waals surface area contributed by atoms with Gasteiger partial charge in [0.15, 0.2) is 0 Å². The van der Waals surface area contributed by atoms with Gasteiger partial charge in [-0.05, 0) is 17.7 Å². The lowest BCUT2D eigenvalue weighted by atomic mass is 10.1. The molecule has 1 aromatic carbocycles. The Kier molecular flexibility index (Phi) is 3.15. The molecular formula is C12H12ClNO. The summed E-state index contributed by atoms with van der Waals surface area (Å²) in [6.45, 7) is 2.01. The van der Waals surface area contributed by atoms with Crippen molar-refractivity contribution in [1.82, 2.24) is 5.32 Å². The first-order valence-corrected chi connectivity index (χ1v) is 5.27. The molecule has 0 atom stereocenters. The Morgan fingerprint density at radius 1 is 1.53 bits per heavy atom. The zero-order valence-corrected chi connectivity index (χ0v) is 9.10. The molecule has 2 nitrogen and oxygen atoms in total. The second-order valence-corrected chi connectivity index (χ2v) is 3.90. The molecule has 1 aliphatic rings. The number of hydrogen-bond donors (Lipinski definition) is 1. The minimum atomic E-state index is 0.557. The Bertz CT molecular complexity index is 409. The van der Waals surface area contributed by atoms with Crippen molar-refractivity contribution < 1.29 is 4.74 Å². The van der Waals surface area contributed by atoms with Crippen LogP contribution in [0.3, 0.4) is 0 Å². The lowest BCUT2D eigenvalue weighted by Crippen LogP contribution is -2.13. The van der Waals surface area contributed by atoms with Gasteiger partial charge < -0.3 is 10.1 Å². The number of halogens is 1. The van der Waals surface area contributed by atoms with Gasteiger partial charge in [0.05, 0.1) is 13.2 Å². The van der Waals surface area contributed by atoms with E-state index in [1.54, 1.807) is 0 Å². The van der Waals surface area contributed by atoms with E-state index in [0.717, 1.165) is 29.4 Å². The first-order valence-electron chi connectivity index (χ1n) is 4.89. The molecule has 1 aliphatic heterocycles. The van der Waals surface area contributed by atoms with Crippen LogP contribution in [0.25, 0.3) is 0 Å². The van der Waals surface area contributed by atoms with E-state index in [9.17, 15) is 0 Å². The predicted molar refractivity (Wildman–Crippen MR) is 61.2 cm³/mol. The van der Waals surface area contributed by atoms with Crippen LogP contribution >= 0.6 is 11.6 Å². The number of rotatable bonds is 3.